The molecule has 1 fully saturated rings. The van der Waals surface area contributed by atoms with Crippen LogP contribution in [0.2, 0.25) is 0 Å². The molecular weight excluding hydrogens is 388 g/mol. The van der Waals surface area contributed by atoms with Crippen molar-refractivity contribution in [2.24, 2.45) is 5.92 Å². The summed E-state index contributed by atoms with van der Waals surface area (Å²) in [5.41, 5.74) is 2.93. The van der Waals surface area contributed by atoms with Crippen LogP contribution in [-0.2, 0) is 11.2 Å². The van der Waals surface area contributed by atoms with Crippen molar-refractivity contribution >= 4 is 22.3 Å². The van der Waals surface area contributed by atoms with Gasteiger partial charge in [0.2, 0.25) is 0 Å². The highest BCUT2D eigenvalue weighted by atomic mass is 16.5. The van der Waals surface area contributed by atoms with Crippen LogP contribution in [0.1, 0.15) is 48.8 Å². The van der Waals surface area contributed by atoms with E-state index in [1.165, 1.54) is 13.5 Å². The highest BCUT2D eigenvalue weighted by Gasteiger charge is 2.22. The summed E-state index contributed by atoms with van der Waals surface area (Å²) in [6.45, 7) is 0. The van der Waals surface area contributed by atoms with Crippen molar-refractivity contribution in [1.29, 1.82) is 0 Å². The third kappa shape index (κ3) is 4.43. The lowest BCUT2D eigenvalue weighted by Crippen LogP contribution is -2.08. The molecule has 1 aliphatic carbocycles. The normalized spacial score (nSPS) is 15.2. The van der Waals surface area contributed by atoms with Gasteiger partial charge < -0.3 is 14.9 Å². The largest absolute Gasteiger partial charge is 0.504 e. The Hall–Kier alpha value is -3.27. The number of phenols is 1. The minimum absolute atomic E-state index is 0.0511. The minimum atomic E-state index is -0.951. The molecule has 3 aromatic rings. The molecule has 0 atom stereocenters. The van der Waals surface area contributed by atoms with Gasteiger partial charge in [-0.25, -0.2) is 4.79 Å². The topological polar surface area (TPSA) is 66.8 Å². The van der Waals surface area contributed by atoms with Crippen LogP contribution in [0.25, 0.3) is 16.3 Å². The first-order chi connectivity index (χ1) is 15.1. The number of carbonyl (C=O) groups is 1. The van der Waals surface area contributed by atoms with E-state index in [1.54, 1.807) is 6.07 Å². The average molecular weight is 417 g/mol. The van der Waals surface area contributed by atoms with E-state index in [2.05, 4.69) is 0 Å². The van der Waals surface area contributed by atoms with Crippen LogP contribution in [0.15, 0.2) is 60.7 Å². The lowest BCUT2D eigenvalue weighted by molar-refractivity contribution is -0.130. The molecule has 1 aliphatic rings. The van der Waals surface area contributed by atoms with Crippen molar-refractivity contribution in [1.82, 2.24) is 0 Å². The van der Waals surface area contributed by atoms with E-state index in [4.69, 9.17) is 4.74 Å². The summed E-state index contributed by atoms with van der Waals surface area (Å²) >= 11 is 0. The zero-order valence-corrected chi connectivity index (χ0v) is 17.8. The van der Waals surface area contributed by atoms with E-state index in [0.717, 1.165) is 42.2 Å². The van der Waals surface area contributed by atoms with Crippen molar-refractivity contribution in [3.63, 3.8) is 0 Å². The summed E-state index contributed by atoms with van der Waals surface area (Å²) in [5.74, 6) is -0.343. The number of aliphatic carboxylic acids is 1. The molecule has 0 radical (unpaired) electrons. The van der Waals surface area contributed by atoms with Gasteiger partial charge in [0.15, 0.2) is 11.5 Å². The van der Waals surface area contributed by atoms with Crippen molar-refractivity contribution in [3.05, 3.63) is 77.4 Å². The van der Waals surface area contributed by atoms with Crippen LogP contribution < -0.4 is 4.74 Å². The molecule has 4 rings (SSSR count). The molecule has 0 saturated heterocycles. The summed E-state index contributed by atoms with van der Waals surface area (Å²) < 4.78 is 5.45. The number of hydrogen-bond donors (Lipinski definition) is 2. The van der Waals surface area contributed by atoms with E-state index < -0.39 is 5.97 Å². The van der Waals surface area contributed by atoms with E-state index in [9.17, 15) is 15.0 Å². The summed E-state index contributed by atoms with van der Waals surface area (Å²) in [5, 5.41) is 22.4. The molecular formula is C27H28O4. The molecule has 2 N–H and O–H groups in total. The van der Waals surface area contributed by atoms with Gasteiger partial charge >= 0.3 is 5.97 Å². The fourth-order valence-electron chi connectivity index (χ4n) is 4.66. The number of methoxy groups -OCH3 is 1. The van der Waals surface area contributed by atoms with E-state index in [0.29, 0.717) is 23.1 Å². The lowest BCUT2D eigenvalue weighted by Gasteiger charge is -2.20. The van der Waals surface area contributed by atoms with Gasteiger partial charge in [0, 0.05) is 10.9 Å². The van der Waals surface area contributed by atoms with Gasteiger partial charge in [-0.3, -0.25) is 0 Å². The quantitative estimate of drug-likeness (QED) is 0.470. The highest BCUT2D eigenvalue weighted by Crippen LogP contribution is 2.42. The number of hydrogen-bond acceptors (Lipinski definition) is 3. The molecule has 31 heavy (non-hydrogen) atoms. The van der Waals surface area contributed by atoms with Gasteiger partial charge in [0.25, 0.3) is 0 Å². The zero-order chi connectivity index (χ0) is 21.8. The Morgan fingerprint density at radius 2 is 1.81 bits per heavy atom. The standard InChI is InChI=1S/C27H28O4/c1-31-24-17-22(23(27(29)30)16-19-11-6-3-7-12-19)21-14-8-13-20(25(21)26(24)28)15-18-9-4-2-5-10-18/h2,4-5,8-10,13-14,16-17,19,28H,3,6-7,11-12,15H2,1H3,(H,29,30). The van der Waals surface area contributed by atoms with Gasteiger partial charge in [-0.1, -0.05) is 73.9 Å². The van der Waals surface area contributed by atoms with Crippen LogP contribution in [-0.4, -0.2) is 23.3 Å². The number of ether oxygens (including phenoxy) is 1. The first kappa shape index (κ1) is 21.0. The molecule has 0 spiro atoms. The van der Waals surface area contributed by atoms with Crippen LogP contribution in [0.5, 0.6) is 11.5 Å². The predicted octanol–water partition coefficient (Wildman–Crippen LogP) is 6.19. The fraction of sp³-hybridized carbons (Fsp3) is 0.296. The monoisotopic (exact) mass is 416 g/mol. The second-order valence-corrected chi connectivity index (χ2v) is 8.26. The number of aromatic hydroxyl groups is 1. The fourth-order valence-corrected chi connectivity index (χ4v) is 4.66. The predicted molar refractivity (Wildman–Crippen MR) is 124 cm³/mol. The molecule has 1 saturated carbocycles. The van der Waals surface area contributed by atoms with Gasteiger partial charge in [-0.05, 0) is 47.8 Å². The Morgan fingerprint density at radius 3 is 2.48 bits per heavy atom. The summed E-state index contributed by atoms with van der Waals surface area (Å²) in [6, 6.07) is 17.5. The maximum Gasteiger partial charge on any atom is 0.336 e. The third-order valence-electron chi connectivity index (χ3n) is 6.22. The molecule has 0 aromatic heterocycles. The number of phenolic OH excluding ortho intramolecular Hbond substituents is 1. The van der Waals surface area contributed by atoms with Crippen LogP contribution >= 0.6 is 0 Å². The number of carboxylic acid groups (broad SMARTS) is 1. The van der Waals surface area contributed by atoms with Crippen LogP contribution in [0.4, 0.5) is 0 Å². The summed E-state index contributed by atoms with van der Waals surface area (Å²) in [7, 11) is 1.50. The Bertz CT molecular complexity index is 1110. The van der Waals surface area contributed by atoms with Crippen molar-refractivity contribution in [2.75, 3.05) is 7.11 Å². The average Bonchev–Trinajstić information content (AvgIpc) is 2.79. The molecule has 0 heterocycles. The smallest absolute Gasteiger partial charge is 0.336 e. The number of benzene rings is 3. The second kappa shape index (κ2) is 9.25. The Morgan fingerprint density at radius 1 is 1.06 bits per heavy atom. The van der Waals surface area contributed by atoms with E-state index >= 15 is 0 Å². The minimum Gasteiger partial charge on any atom is -0.504 e. The van der Waals surface area contributed by atoms with Crippen molar-refractivity contribution in [2.45, 2.75) is 38.5 Å². The Labute approximate surface area is 182 Å². The Balaban J connectivity index is 1.90. The van der Waals surface area contributed by atoms with Crippen molar-refractivity contribution < 1.29 is 19.7 Å². The highest BCUT2D eigenvalue weighted by molar-refractivity contribution is 6.20. The van der Waals surface area contributed by atoms with Crippen LogP contribution in [0, 0.1) is 5.92 Å². The van der Waals surface area contributed by atoms with Gasteiger partial charge in [-0.2, -0.15) is 0 Å². The van der Waals surface area contributed by atoms with Gasteiger partial charge in [0.1, 0.15) is 0 Å². The zero-order valence-electron chi connectivity index (χ0n) is 17.8. The molecule has 0 unspecified atom stereocenters. The molecule has 4 nitrogen and oxygen atoms in total. The SMILES string of the molecule is COc1cc(C(=CC2CCCCC2)C(=O)O)c2cccc(Cc3ccccc3)c2c1O. The first-order valence-electron chi connectivity index (χ1n) is 10.9. The Kier molecular flexibility index (Phi) is 6.26. The summed E-state index contributed by atoms with van der Waals surface area (Å²) in [4.78, 5) is 12.3. The molecule has 4 heteroatoms. The van der Waals surface area contributed by atoms with E-state index in [1.807, 2.05) is 54.6 Å². The third-order valence-corrected chi connectivity index (χ3v) is 6.22. The van der Waals surface area contributed by atoms with E-state index in [-0.39, 0.29) is 17.2 Å². The lowest BCUT2D eigenvalue weighted by atomic mass is 9.85. The van der Waals surface area contributed by atoms with Gasteiger partial charge in [0.05, 0.1) is 12.7 Å². The van der Waals surface area contributed by atoms with Gasteiger partial charge in [-0.15, -0.1) is 0 Å². The van der Waals surface area contributed by atoms with Crippen LogP contribution in [0.3, 0.4) is 0 Å². The number of allylic oxidation sites excluding steroid dienone is 1. The molecule has 160 valence electrons. The first-order valence-corrected chi connectivity index (χ1v) is 10.9. The number of carboxylic acids is 1. The molecule has 3 aromatic carbocycles. The number of rotatable bonds is 6. The summed E-state index contributed by atoms with van der Waals surface area (Å²) in [6.07, 6.45) is 8.06. The maximum atomic E-state index is 12.3. The number of fused-ring (bicyclic) bond motifs is 1. The second-order valence-electron chi connectivity index (χ2n) is 8.26. The molecule has 0 bridgehead atoms. The molecule has 0 amide bonds. The van der Waals surface area contributed by atoms with Crippen molar-refractivity contribution in [3.8, 4) is 11.5 Å². The maximum absolute atomic E-state index is 12.3. The molecule has 0 aliphatic heterocycles.